The minimum absolute atomic E-state index is 0.179. The Morgan fingerprint density at radius 2 is 2.26 bits per heavy atom. The van der Waals surface area contributed by atoms with E-state index in [1.54, 1.807) is 6.07 Å². The van der Waals surface area contributed by atoms with Gasteiger partial charge in [0.2, 0.25) is 0 Å². The maximum atomic E-state index is 13.5. The molecule has 1 atom stereocenters. The van der Waals surface area contributed by atoms with E-state index in [4.69, 9.17) is 0 Å². The van der Waals surface area contributed by atoms with E-state index in [0.717, 1.165) is 25.2 Å². The third-order valence-corrected chi connectivity index (χ3v) is 4.79. The number of halogens is 2. The van der Waals surface area contributed by atoms with Crippen LogP contribution in [0.5, 0.6) is 0 Å². The van der Waals surface area contributed by atoms with Gasteiger partial charge in [-0.2, -0.15) is 0 Å². The fraction of sp³-hybridized carbons (Fsp3) is 0.600. The van der Waals surface area contributed by atoms with Crippen LogP contribution in [0.15, 0.2) is 22.7 Å². The summed E-state index contributed by atoms with van der Waals surface area (Å²) < 4.78 is 14.1. The summed E-state index contributed by atoms with van der Waals surface area (Å²) in [6.07, 6.45) is 2.58. The zero-order valence-corrected chi connectivity index (χ0v) is 13.3. The van der Waals surface area contributed by atoms with Gasteiger partial charge < -0.3 is 4.90 Å². The van der Waals surface area contributed by atoms with Gasteiger partial charge in [-0.3, -0.25) is 4.90 Å². The molecule has 2 nitrogen and oxygen atoms in total. The lowest BCUT2D eigenvalue weighted by Gasteiger charge is -2.28. The number of benzene rings is 1. The smallest absolute Gasteiger partial charge is 0.137 e. The molecule has 1 saturated heterocycles. The van der Waals surface area contributed by atoms with Gasteiger partial charge in [0.05, 0.1) is 4.47 Å². The first-order valence-corrected chi connectivity index (χ1v) is 7.76. The van der Waals surface area contributed by atoms with Gasteiger partial charge in [0, 0.05) is 19.1 Å². The van der Waals surface area contributed by atoms with Crippen LogP contribution in [0.25, 0.3) is 0 Å². The zero-order valence-electron chi connectivity index (χ0n) is 11.7. The van der Waals surface area contributed by atoms with E-state index < -0.39 is 0 Å². The Balaban J connectivity index is 1.94. The van der Waals surface area contributed by atoms with Crippen LogP contribution in [0.2, 0.25) is 0 Å². The third kappa shape index (κ3) is 3.77. The van der Waals surface area contributed by atoms with E-state index in [-0.39, 0.29) is 5.82 Å². The first-order chi connectivity index (χ1) is 9.11. The minimum Gasteiger partial charge on any atom is -0.301 e. The molecule has 1 heterocycles. The molecular weight excluding hydrogens is 307 g/mol. The summed E-state index contributed by atoms with van der Waals surface area (Å²) in [7, 11) is 2.11. The normalized spacial score (nSPS) is 20.4. The molecule has 0 N–H and O–H groups in total. The molecule has 1 aromatic rings. The van der Waals surface area contributed by atoms with E-state index in [1.165, 1.54) is 25.5 Å². The summed E-state index contributed by atoms with van der Waals surface area (Å²) in [4.78, 5) is 4.83. The Morgan fingerprint density at radius 1 is 1.47 bits per heavy atom. The van der Waals surface area contributed by atoms with Gasteiger partial charge in [-0.05, 0) is 60.5 Å². The summed E-state index contributed by atoms with van der Waals surface area (Å²) in [6.45, 7) is 6.41. The molecule has 4 heteroatoms. The summed E-state index contributed by atoms with van der Waals surface area (Å²) in [5, 5.41) is 0. The molecular formula is C15H22BrFN2. The topological polar surface area (TPSA) is 6.48 Å². The molecule has 1 aromatic carbocycles. The SMILES string of the molecule is CCN1CCCC1CN(C)Cc1cccc(F)c1Br. The molecule has 1 aliphatic rings. The standard InChI is InChI=1S/C15H22BrFN2/c1-3-19-9-5-7-13(19)11-18(2)10-12-6-4-8-14(17)15(12)16/h4,6,8,13H,3,5,7,9-11H2,1-2H3. The van der Waals surface area contributed by atoms with Crippen molar-refractivity contribution >= 4 is 15.9 Å². The van der Waals surface area contributed by atoms with Crippen LogP contribution < -0.4 is 0 Å². The molecule has 1 unspecified atom stereocenters. The van der Waals surface area contributed by atoms with Crippen molar-refractivity contribution in [2.24, 2.45) is 0 Å². The summed E-state index contributed by atoms with van der Waals surface area (Å²) in [5.74, 6) is -0.179. The highest BCUT2D eigenvalue weighted by Gasteiger charge is 2.24. The molecule has 1 fully saturated rings. The monoisotopic (exact) mass is 328 g/mol. The first-order valence-electron chi connectivity index (χ1n) is 6.97. The highest BCUT2D eigenvalue weighted by atomic mass is 79.9. The van der Waals surface area contributed by atoms with Crippen LogP contribution in [0.3, 0.4) is 0 Å². The number of hydrogen-bond donors (Lipinski definition) is 0. The Kier molecular flexibility index (Phi) is 5.37. The summed E-state index contributed by atoms with van der Waals surface area (Å²) in [5.41, 5.74) is 1.02. The van der Waals surface area contributed by atoms with Gasteiger partial charge in [-0.1, -0.05) is 19.1 Å². The average Bonchev–Trinajstić information content (AvgIpc) is 2.82. The largest absolute Gasteiger partial charge is 0.301 e. The van der Waals surface area contributed by atoms with Crippen molar-refractivity contribution in [3.05, 3.63) is 34.1 Å². The quantitative estimate of drug-likeness (QED) is 0.816. The molecule has 0 aromatic heterocycles. The lowest BCUT2D eigenvalue weighted by atomic mass is 10.1. The van der Waals surface area contributed by atoms with E-state index in [1.807, 2.05) is 6.07 Å². The maximum Gasteiger partial charge on any atom is 0.137 e. The Morgan fingerprint density at radius 3 is 3.00 bits per heavy atom. The van der Waals surface area contributed by atoms with Crippen LogP contribution in [0.4, 0.5) is 4.39 Å². The second-order valence-corrected chi connectivity index (χ2v) is 6.13. The maximum absolute atomic E-state index is 13.5. The lowest BCUT2D eigenvalue weighted by molar-refractivity contribution is 0.194. The van der Waals surface area contributed by atoms with Crippen LogP contribution in [-0.4, -0.2) is 42.5 Å². The van der Waals surface area contributed by atoms with E-state index in [2.05, 4.69) is 39.7 Å². The Hall–Kier alpha value is -0.450. The molecule has 106 valence electrons. The molecule has 19 heavy (non-hydrogen) atoms. The van der Waals surface area contributed by atoms with Crippen molar-refractivity contribution < 1.29 is 4.39 Å². The number of likely N-dealkylation sites (tertiary alicyclic amines) is 1. The second kappa shape index (κ2) is 6.82. The van der Waals surface area contributed by atoms with Crippen molar-refractivity contribution in [2.75, 3.05) is 26.7 Å². The predicted molar refractivity (Wildman–Crippen MR) is 80.7 cm³/mol. The number of rotatable bonds is 5. The molecule has 2 rings (SSSR count). The zero-order chi connectivity index (χ0) is 13.8. The van der Waals surface area contributed by atoms with Crippen LogP contribution in [-0.2, 0) is 6.54 Å². The number of hydrogen-bond acceptors (Lipinski definition) is 2. The molecule has 0 bridgehead atoms. The van der Waals surface area contributed by atoms with Crippen molar-refractivity contribution in [2.45, 2.75) is 32.4 Å². The highest BCUT2D eigenvalue weighted by Crippen LogP contribution is 2.23. The minimum atomic E-state index is -0.179. The van der Waals surface area contributed by atoms with Gasteiger partial charge in [0.1, 0.15) is 5.82 Å². The third-order valence-electron chi connectivity index (χ3n) is 3.90. The average molecular weight is 329 g/mol. The van der Waals surface area contributed by atoms with Gasteiger partial charge >= 0.3 is 0 Å². The Bertz CT molecular complexity index is 425. The van der Waals surface area contributed by atoms with E-state index in [9.17, 15) is 4.39 Å². The molecule has 0 aliphatic carbocycles. The van der Waals surface area contributed by atoms with Crippen LogP contribution in [0.1, 0.15) is 25.3 Å². The summed E-state index contributed by atoms with van der Waals surface area (Å²) >= 11 is 3.33. The van der Waals surface area contributed by atoms with Crippen LogP contribution in [0, 0.1) is 5.82 Å². The number of likely N-dealkylation sites (N-methyl/N-ethyl adjacent to an activating group) is 2. The molecule has 0 amide bonds. The molecule has 0 saturated carbocycles. The summed E-state index contributed by atoms with van der Waals surface area (Å²) in [6, 6.07) is 5.90. The van der Waals surface area contributed by atoms with Crippen LogP contribution >= 0.6 is 15.9 Å². The van der Waals surface area contributed by atoms with Crippen molar-refractivity contribution in [3.63, 3.8) is 0 Å². The van der Waals surface area contributed by atoms with Gasteiger partial charge in [-0.25, -0.2) is 4.39 Å². The molecule has 1 aliphatic heterocycles. The lowest BCUT2D eigenvalue weighted by Crippen LogP contribution is -2.38. The van der Waals surface area contributed by atoms with Gasteiger partial charge in [-0.15, -0.1) is 0 Å². The fourth-order valence-corrected chi connectivity index (χ4v) is 3.29. The fourth-order valence-electron chi connectivity index (χ4n) is 2.90. The van der Waals surface area contributed by atoms with E-state index >= 15 is 0 Å². The second-order valence-electron chi connectivity index (χ2n) is 5.33. The van der Waals surface area contributed by atoms with E-state index in [0.29, 0.717) is 10.5 Å². The van der Waals surface area contributed by atoms with Gasteiger partial charge in [0.15, 0.2) is 0 Å². The highest BCUT2D eigenvalue weighted by molar-refractivity contribution is 9.10. The molecule has 0 radical (unpaired) electrons. The van der Waals surface area contributed by atoms with Crippen molar-refractivity contribution in [1.29, 1.82) is 0 Å². The Labute approximate surface area is 123 Å². The first kappa shape index (κ1) is 14.9. The van der Waals surface area contributed by atoms with Crippen molar-refractivity contribution in [1.82, 2.24) is 9.80 Å². The van der Waals surface area contributed by atoms with Crippen molar-refractivity contribution in [3.8, 4) is 0 Å². The van der Waals surface area contributed by atoms with Gasteiger partial charge in [0.25, 0.3) is 0 Å². The number of nitrogens with zero attached hydrogens (tertiary/aromatic N) is 2. The molecule has 0 spiro atoms. The predicted octanol–water partition coefficient (Wildman–Crippen LogP) is 3.50.